The highest BCUT2D eigenvalue weighted by Gasteiger charge is 2.31. The van der Waals surface area contributed by atoms with E-state index in [0.29, 0.717) is 12.3 Å². The van der Waals surface area contributed by atoms with Crippen molar-refractivity contribution in [3.05, 3.63) is 23.8 Å². The van der Waals surface area contributed by atoms with Gasteiger partial charge in [-0.2, -0.15) is 11.8 Å². The third-order valence-corrected chi connectivity index (χ3v) is 5.91. The Morgan fingerprint density at radius 3 is 2.75 bits per heavy atom. The normalized spacial score (nSPS) is 20.8. The first-order valence-corrected chi connectivity index (χ1v) is 9.93. The second kappa shape index (κ2) is 6.67. The highest BCUT2D eigenvalue weighted by Crippen LogP contribution is 2.36. The molecule has 2 fully saturated rings. The number of nitrogens with zero attached hydrogens (tertiary/aromatic N) is 2. The van der Waals surface area contributed by atoms with Crippen LogP contribution in [-0.2, 0) is 11.2 Å². The van der Waals surface area contributed by atoms with Crippen LogP contribution in [-0.4, -0.2) is 48.0 Å². The van der Waals surface area contributed by atoms with Gasteiger partial charge in [0.1, 0.15) is 0 Å². The number of carbonyl (C=O) groups excluding carboxylic acids is 2. The van der Waals surface area contributed by atoms with Crippen LogP contribution in [0.5, 0.6) is 0 Å². The predicted molar refractivity (Wildman–Crippen MR) is 97.8 cm³/mol. The Labute approximate surface area is 146 Å². The molecule has 0 unspecified atom stereocenters. The number of benzene rings is 1. The lowest BCUT2D eigenvalue weighted by Gasteiger charge is -2.30. The van der Waals surface area contributed by atoms with Crippen LogP contribution in [0.15, 0.2) is 18.2 Å². The SMILES string of the molecule is O=C(Nc1ccc2c(c1)CCC(=O)N2CC1CC1)N1CCSCC1. The molecule has 0 bridgehead atoms. The first-order chi connectivity index (χ1) is 11.7. The van der Waals surface area contributed by atoms with Gasteiger partial charge in [-0.3, -0.25) is 4.79 Å². The van der Waals surface area contributed by atoms with E-state index in [0.717, 1.165) is 48.9 Å². The summed E-state index contributed by atoms with van der Waals surface area (Å²) < 4.78 is 0. The van der Waals surface area contributed by atoms with E-state index in [1.807, 2.05) is 39.8 Å². The maximum Gasteiger partial charge on any atom is 0.321 e. The molecule has 0 spiro atoms. The quantitative estimate of drug-likeness (QED) is 0.916. The third kappa shape index (κ3) is 3.38. The summed E-state index contributed by atoms with van der Waals surface area (Å²) in [5.74, 6) is 2.93. The van der Waals surface area contributed by atoms with Crippen molar-refractivity contribution in [2.24, 2.45) is 5.92 Å². The Kier molecular flexibility index (Phi) is 4.39. The van der Waals surface area contributed by atoms with Gasteiger partial charge in [-0.1, -0.05) is 0 Å². The summed E-state index contributed by atoms with van der Waals surface area (Å²) in [6.07, 6.45) is 3.81. The molecule has 1 aliphatic carbocycles. The molecule has 2 aliphatic heterocycles. The number of thioether (sulfide) groups is 1. The highest BCUT2D eigenvalue weighted by atomic mass is 32.2. The molecule has 24 heavy (non-hydrogen) atoms. The number of anilines is 2. The van der Waals surface area contributed by atoms with Gasteiger partial charge in [-0.25, -0.2) is 4.79 Å². The van der Waals surface area contributed by atoms with Crippen LogP contribution in [0, 0.1) is 5.92 Å². The number of hydrogen-bond donors (Lipinski definition) is 1. The predicted octanol–water partition coefficient (Wildman–Crippen LogP) is 2.96. The van der Waals surface area contributed by atoms with E-state index in [1.165, 1.54) is 18.4 Å². The lowest BCUT2D eigenvalue weighted by molar-refractivity contribution is -0.118. The Bertz CT molecular complexity index is 654. The van der Waals surface area contributed by atoms with Crippen molar-refractivity contribution >= 4 is 35.1 Å². The molecule has 1 aromatic rings. The van der Waals surface area contributed by atoms with Gasteiger partial charge in [-0.05, 0) is 48.9 Å². The molecule has 0 aromatic heterocycles. The fourth-order valence-corrected chi connectivity index (χ4v) is 4.27. The molecule has 3 amide bonds. The van der Waals surface area contributed by atoms with Gasteiger partial charge in [0, 0.05) is 48.9 Å². The van der Waals surface area contributed by atoms with Crippen LogP contribution < -0.4 is 10.2 Å². The number of amides is 3. The maximum atomic E-state index is 12.3. The van der Waals surface area contributed by atoms with E-state index in [4.69, 9.17) is 0 Å². The van der Waals surface area contributed by atoms with Crippen LogP contribution in [0.2, 0.25) is 0 Å². The topological polar surface area (TPSA) is 52.7 Å². The number of aryl methyl sites for hydroxylation is 1. The molecule has 1 aromatic carbocycles. The van der Waals surface area contributed by atoms with Crippen molar-refractivity contribution in [2.75, 3.05) is 41.4 Å². The van der Waals surface area contributed by atoms with Crippen molar-refractivity contribution in [1.82, 2.24) is 4.90 Å². The van der Waals surface area contributed by atoms with Crippen molar-refractivity contribution in [2.45, 2.75) is 25.7 Å². The Hall–Kier alpha value is -1.69. The molecule has 128 valence electrons. The van der Waals surface area contributed by atoms with Crippen molar-refractivity contribution < 1.29 is 9.59 Å². The smallest absolute Gasteiger partial charge is 0.321 e. The van der Waals surface area contributed by atoms with Crippen LogP contribution in [0.4, 0.5) is 16.2 Å². The zero-order valence-electron chi connectivity index (χ0n) is 13.8. The summed E-state index contributed by atoms with van der Waals surface area (Å²) in [4.78, 5) is 28.4. The van der Waals surface area contributed by atoms with Crippen LogP contribution in [0.25, 0.3) is 0 Å². The third-order valence-electron chi connectivity index (χ3n) is 4.97. The van der Waals surface area contributed by atoms with Gasteiger partial charge < -0.3 is 15.1 Å². The molecule has 4 rings (SSSR count). The number of fused-ring (bicyclic) bond motifs is 1. The monoisotopic (exact) mass is 345 g/mol. The fraction of sp³-hybridized carbons (Fsp3) is 0.556. The minimum atomic E-state index is -0.0167. The van der Waals surface area contributed by atoms with Crippen molar-refractivity contribution in [3.8, 4) is 0 Å². The van der Waals surface area contributed by atoms with Crippen LogP contribution >= 0.6 is 11.8 Å². The summed E-state index contributed by atoms with van der Waals surface area (Å²) in [5, 5.41) is 3.02. The lowest BCUT2D eigenvalue weighted by atomic mass is 10.00. The molecule has 1 saturated heterocycles. The van der Waals surface area contributed by atoms with Gasteiger partial charge in [0.25, 0.3) is 0 Å². The Morgan fingerprint density at radius 1 is 1.21 bits per heavy atom. The highest BCUT2D eigenvalue weighted by molar-refractivity contribution is 7.99. The summed E-state index contributed by atoms with van der Waals surface area (Å²) in [5.41, 5.74) is 3.03. The first kappa shape index (κ1) is 15.8. The van der Waals surface area contributed by atoms with E-state index in [9.17, 15) is 9.59 Å². The molecular formula is C18H23N3O2S. The molecule has 2 heterocycles. The zero-order valence-corrected chi connectivity index (χ0v) is 14.6. The Morgan fingerprint density at radius 2 is 2.00 bits per heavy atom. The summed E-state index contributed by atoms with van der Waals surface area (Å²) in [6, 6.07) is 5.94. The van der Waals surface area contributed by atoms with Gasteiger partial charge in [0.2, 0.25) is 5.91 Å². The fourth-order valence-electron chi connectivity index (χ4n) is 3.37. The average Bonchev–Trinajstić information content (AvgIpc) is 3.42. The van der Waals surface area contributed by atoms with Crippen LogP contribution in [0.3, 0.4) is 0 Å². The van der Waals surface area contributed by atoms with Crippen molar-refractivity contribution in [1.29, 1.82) is 0 Å². The molecular weight excluding hydrogens is 322 g/mol. The molecule has 5 nitrogen and oxygen atoms in total. The average molecular weight is 345 g/mol. The molecule has 1 saturated carbocycles. The number of carbonyl (C=O) groups is 2. The number of hydrogen-bond acceptors (Lipinski definition) is 3. The molecule has 6 heteroatoms. The molecule has 1 N–H and O–H groups in total. The van der Waals surface area contributed by atoms with Gasteiger partial charge in [0.15, 0.2) is 0 Å². The number of rotatable bonds is 3. The zero-order chi connectivity index (χ0) is 16.5. The minimum absolute atomic E-state index is 0.0167. The molecule has 0 atom stereocenters. The summed E-state index contributed by atoms with van der Waals surface area (Å²) in [6.45, 7) is 2.47. The van der Waals surface area contributed by atoms with E-state index in [2.05, 4.69) is 5.32 Å². The molecule has 0 radical (unpaired) electrons. The first-order valence-electron chi connectivity index (χ1n) is 8.77. The second-order valence-electron chi connectivity index (χ2n) is 6.82. The Balaban J connectivity index is 1.48. The van der Waals surface area contributed by atoms with E-state index >= 15 is 0 Å². The maximum absolute atomic E-state index is 12.3. The largest absolute Gasteiger partial charge is 0.323 e. The summed E-state index contributed by atoms with van der Waals surface area (Å²) in [7, 11) is 0. The van der Waals surface area contributed by atoms with Gasteiger partial charge in [-0.15, -0.1) is 0 Å². The van der Waals surface area contributed by atoms with E-state index in [-0.39, 0.29) is 11.9 Å². The lowest BCUT2D eigenvalue weighted by Crippen LogP contribution is -2.40. The van der Waals surface area contributed by atoms with E-state index in [1.54, 1.807) is 0 Å². The van der Waals surface area contributed by atoms with Gasteiger partial charge >= 0.3 is 6.03 Å². The minimum Gasteiger partial charge on any atom is -0.323 e. The van der Waals surface area contributed by atoms with Crippen LogP contribution in [0.1, 0.15) is 24.8 Å². The van der Waals surface area contributed by atoms with E-state index < -0.39 is 0 Å². The second-order valence-corrected chi connectivity index (χ2v) is 8.05. The van der Waals surface area contributed by atoms with Crippen molar-refractivity contribution in [3.63, 3.8) is 0 Å². The standard InChI is InChI=1S/C18H23N3O2S/c22-17-6-3-14-11-15(19-18(23)20-7-9-24-10-8-20)4-5-16(14)21(17)12-13-1-2-13/h4-5,11,13H,1-3,6-10,12H2,(H,19,23). The van der Waals surface area contributed by atoms with Gasteiger partial charge in [0.05, 0.1) is 0 Å². The number of nitrogens with one attached hydrogen (secondary N) is 1. The number of urea groups is 1. The molecule has 3 aliphatic rings. The summed E-state index contributed by atoms with van der Waals surface area (Å²) >= 11 is 1.89.